The molecule has 1 aromatic heterocycles. The molecule has 2 unspecified atom stereocenters. The number of unbranched alkanes of at least 4 members (excludes halogenated alkanes) is 7. The zero-order valence-corrected chi connectivity index (χ0v) is 66.1. The number of aliphatic hydroxyl groups excluding tert-OH is 1. The average molecular weight is 1640 g/mol. The molecule has 644 valence electrons. The van der Waals surface area contributed by atoms with Gasteiger partial charge in [0, 0.05) is 43.4 Å². The molecule has 0 aliphatic carbocycles. The summed E-state index contributed by atoms with van der Waals surface area (Å²) in [5.41, 5.74) is 17.8. The van der Waals surface area contributed by atoms with Crippen molar-refractivity contribution in [3.05, 3.63) is 36.0 Å². The second kappa shape index (κ2) is 49.7. The number of fused-ring (bicyclic) bond motifs is 1. The molecule has 0 spiro atoms. The number of benzene rings is 1. The number of rotatable bonds is 37. The van der Waals surface area contributed by atoms with Crippen molar-refractivity contribution in [3.63, 3.8) is 0 Å². The molecule has 43 nitrogen and oxygen atoms in total. The van der Waals surface area contributed by atoms with Crippen LogP contribution in [0.25, 0.3) is 10.9 Å². The van der Waals surface area contributed by atoms with Crippen LogP contribution in [0, 0.1) is 11.8 Å². The van der Waals surface area contributed by atoms with E-state index in [0.29, 0.717) is 34.2 Å². The number of nitrogens with zero attached hydrogens (tertiary/aromatic N) is 1. The van der Waals surface area contributed by atoms with Gasteiger partial charge in [0.25, 0.3) is 0 Å². The van der Waals surface area contributed by atoms with Gasteiger partial charge in [-0.1, -0.05) is 90.8 Å². The number of amides is 15. The van der Waals surface area contributed by atoms with Crippen molar-refractivity contribution in [1.82, 2.24) is 73.7 Å². The molecule has 1 aliphatic heterocycles. The number of likely N-dealkylation sites (N-methyl/N-ethyl adjacent to an activating group) is 1. The minimum absolute atomic E-state index is 0.0178. The molecule has 0 bridgehead atoms. The van der Waals surface area contributed by atoms with Crippen LogP contribution in [0.3, 0.4) is 0 Å². The molecule has 2 heterocycles. The average Bonchev–Trinajstić information content (AvgIpc) is 1.48. The Labute approximate surface area is 667 Å². The molecule has 0 radical (unpaired) electrons. The molecule has 1 aromatic carbocycles. The van der Waals surface area contributed by atoms with Crippen LogP contribution in [-0.4, -0.2) is 261 Å². The van der Waals surface area contributed by atoms with E-state index in [1.807, 2.05) is 0 Å². The smallest absolute Gasteiger partial charge is 0.329 e. The largest absolute Gasteiger partial charge is 0.481 e. The number of carboxylic acids is 3. The van der Waals surface area contributed by atoms with E-state index in [4.69, 9.17) is 21.9 Å². The lowest BCUT2D eigenvalue weighted by Crippen LogP contribution is -2.64. The predicted octanol–water partition coefficient (Wildman–Crippen LogP) is -5.37. The van der Waals surface area contributed by atoms with Gasteiger partial charge in [-0.25, -0.2) is 4.79 Å². The summed E-state index contributed by atoms with van der Waals surface area (Å²) in [4.78, 5) is 278. The minimum atomic E-state index is -2.79. The quantitative estimate of drug-likeness (QED) is 0.0222. The Morgan fingerprint density at radius 1 is 0.621 bits per heavy atom. The zero-order chi connectivity index (χ0) is 87.2. The second-order valence-electron chi connectivity index (χ2n) is 28.3. The Morgan fingerprint density at radius 3 is 1.83 bits per heavy atom. The molecular formula is C73H111N17O26. The van der Waals surface area contributed by atoms with E-state index >= 15 is 4.79 Å². The van der Waals surface area contributed by atoms with Crippen LogP contribution in [0.1, 0.15) is 163 Å². The number of primary amides is 2. The molecule has 116 heavy (non-hydrogen) atoms. The molecule has 15 amide bonds. The fraction of sp³-hybridized carbons (Fsp3) is 0.616. The topological polar surface area (TPSA) is 682 Å². The van der Waals surface area contributed by atoms with E-state index in [0.717, 1.165) is 67.0 Å². The van der Waals surface area contributed by atoms with Gasteiger partial charge in [-0.3, -0.25) is 91.1 Å². The molecule has 15 atom stereocenters. The van der Waals surface area contributed by atoms with E-state index in [9.17, 15) is 112 Å². The van der Waals surface area contributed by atoms with Gasteiger partial charge in [0.15, 0.2) is 6.10 Å². The van der Waals surface area contributed by atoms with Gasteiger partial charge in [0.05, 0.1) is 45.9 Å². The lowest BCUT2D eigenvalue weighted by atomic mass is 9.94. The van der Waals surface area contributed by atoms with Gasteiger partial charge in [-0.05, 0) is 76.0 Å². The number of ether oxygens (including phenoxy) is 2. The number of nitrogens with two attached hydrogens (primary N) is 3. The van der Waals surface area contributed by atoms with Crippen molar-refractivity contribution in [2.24, 2.45) is 29.0 Å². The predicted molar refractivity (Wildman–Crippen MR) is 406 cm³/mol. The van der Waals surface area contributed by atoms with Crippen molar-refractivity contribution in [2.45, 2.75) is 242 Å². The number of cyclic esters (lactones) is 1. The van der Waals surface area contributed by atoms with Crippen molar-refractivity contribution >= 4 is 129 Å². The number of methoxy groups -OCH3 is 1. The number of carboxylic acid groups (broad SMARTS) is 3. The number of aromatic nitrogens is 1. The van der Waals surface area contributed by atoms with E-state index in [-0.39, 0.29) is 45.1 Å². The fourth-order valence-corrected chi connectivity index (χ4v) is 12.0. The van der Waals surface area contributed by atoms with Crippen molar-refractivity contribution in [2.75, 3.05) is 33.8 Å². The molecule has 2 aromatic rings. The highest BCUT2D eigenvalue weighted by molar-refractivity contribution is 6.02. The summed E-state index contributed by atoms with van der Waals surface area (Å²) in [6.07, 6.45) is -3.31. The summed E-state index contributed by atoms with van der Waals surface area (Å²) in [6, 6.07) is -15.0. The number of nitrogens with one attached hydrogen (secondary N) is 13. The number of esters is 2. The molecule has 3 rings (SSSR count). The first kappa shape index (κ1) is 98.3. The SMILES string of the molecule is CCCCCCCCCC(=O)N[C@@H](Cc1c[nH]c2ccccc12)C(=O)N[C@@H](CCC(=O)O)C(=O)N[C@H](C(=O)N[C@@H]1C(=O)N(C)CC(=O)N[C@@H](C)C(=O)N[C@@H](CC(=O)O)C(=O)N[C@@H](CCCCN)C(=O)N[C@@H](CC(=O)OC)C(=O)NCC(=O)N[C@@H](CC(N)=O)C(=O)N[C@@H](C(C)CC(=O)O)C(=O)N[C@@H]([C@@H](C)CC)C(=O)O[C@@H]1C)C(O)C(N)=O. The summed E-state index contributed by atoms with van der Waals surface area (Å²) >= 11 is 0. The maximum Gasteiger partial charge on any atom is 0.329 e. The van der Waals surface area contributed by atoms with Crippen LogP contribution in [0.15, 0.2) is 30.5 Å². The third-order valence-corrected chi connectivity index (χ3v) is 18.8. The van der Waals surface area contributed by atoms with Gasteiger partial charge in [0.2, 0.25) is 88.6 Å². The lowest BCUT2D eigenvalue weighted by Gasteiger charge is -2.33. The number of aliphatic carboxylic acids is 3. The highest BCUT2D eigenvalue weighted by Crippen LogP contribution is 2.22. The maximum absolute atomic E-state index is 15.0. The fourth-order valence-electron chi connectivity index (χ4n) is 12.0. The van der Waals surface area contributed by atoms with Crippen molar-refractivity contribution < 1.29 is 126 Å². The number of aromatic amines is 1. The van der Waals surface area contributed by atoms with E-state index in [1.54, 1.807) is 30.5 Å². The normalized spacial score (nSPS) is 21.8. The van der Waals surface area contributed by atoms with Gasteiger partial charge < -0.3 is 121 Å². The van der Waals surface area contributed by atoms with Crippen molar-refractivity contribution in [1.29, 1.82) is 0 Å². The van der Waals surface area contributed by atoms with E-state index in [1.165, 1.54) is 13.8 Å². The first-order valence-corrected chi connectivity index (χ1v) is 37.9. The maximum atomic E-state index is 15.0. The Hall–Kier alpha value is -11.9. The number of hydrogen-bond acceptors (Lipinski definition) is 24. The van der Waals surface area contributed by atoms with Gasteiger partial charge in [-0.2, -0.15) is 0 Å². The minimum Gasteiger partial charge on any atom is -0.481 e. The number of para-hydroxylation sites is 1. The number of hydrogen-bond donors (Lipinski definition) is 20. The molecule has 1 fully saturated rings. The third-order valence-electron chi connectivity index (χ3n) is 18.8. The Morgan fingerprint density at radius 2 is 1.22 bits per heavy atom. The number of H-pyrrole nitrogens is 1. The first-order valence-electron chi connectivity index (χ1n) is 37.9. The van der Waals surface area contributed by atoms with Gasteiger partial charge >= 0.3 is 29.8 Å². The molecule has 1 saturated heterocycles. The summed E-state index contributed by atoms with van der Waals surface area (Å²) in [5.74, 6) is -29.5. The second-order valence-corrected chi connectivity index (χ2v) is 28.3. The number of carbonyl (C=O) groups is 20. The third kappa shape index (κ3) is 33.6. The standard InChI is InChI=1S/C73H111N17O26/c1-9-11-12-13-14-15-16-24-50(92)80-45(29-40-33-77-42-22-18-17-21-41(40)42)67(108)83-44(25-26-53(95)96)66(107)89-60(61(102)62(76)103)71(112)88-59-39(6)116-73(114)58(36(3)10-2)87-70(111)57(37(4)28-54(97)98)86-69(110)46(30-49(75)91)81-51(93)34-78-64(105)48(32-56(101)115-8)85-65(106)43(23-19-20-27-74)82-68(109)47(31-55(99)100)84-63(104)38(5)79-52(94)35-90(7)72(59)113/h17-18,21-22,33,36-39,43-48,57-61,77,102H,9-16,19-20,23-32,34-35,74H2,1-8H3,(H2,75,91)(H2,76,103)(H,78,105)(H,79,94)(H,80,92)(H,81,93)(H,82,109)(H,83,108)(H,84,104)(H,85,106)(H,86,110)(H,87,111)(H,88,112)(H,89,107)(H,95,96)(H,97,98)(H,99,100)/t36-,37?,38-,39+,43-,44-,45-,46-,47-,48-,57-,58-,59-,60-,61?/m0/s1. The first-order chi connectivity index (χ1) is 54.7. The highest BCUT2D eigenvalue weighted by Gasteiger charge is 2.43. The molecular weight excluding hydrogens is 1530 g/mol. The Bertz CT molecular complexity index is 3840. The summed E-state index contributed by atoms with van der Waals surface area (Å²) in [6.45, 7) is 5.89. The number of carbonyl (C=O) groups excluding carboxylic acids is 17. The summed E-state index contributed by atoms with van der Waals surface area (Å²) in [7, 11) is 1.83. The van der Waals surface area contributed by atoms with Crippen LogP contribution < -0.4 is 81.0 Å². The van der Waals surface area contributed by atoms with E-state index < -0.39 is 261 Å². The van der Waals surface area contributed by atoms with Gasteiger partial charge in [0.1, 0.15) is 72.6 Å². The number of aliphatic hydroxyl groups is 1. The molecule has 1 aliphatic rings. The molecule has 0 saturated carbocycles. The molecule has 43 heteroatoms. The van der Waals surface area contributed by atoms with Crippen LogP contribution >= 0.6 is 0 Å². The van der Waals surface area contributed by atoms with Crippen molar-refractivity contribution in [3.8, 4) is 0 Å². The molecule has 23 N–H and O–H groups in total. The Balaban J connectivity index is 2.29. The zero-order valence-electron chi connectivity index (χ0n) is 66.1. The highest BCUT2D eigenvalue weighted by atomic mass is 16.5. The van der Waals surface area contributed by atoms with Crippen LogP contribution in [0.5, 0.6) is 0 Å². The van der Waals surface area contributed by atoms with Gasteiger partial charge in [-0.15, -0.1) is 0 Å². The lowest BCUT2D eigenvalue weighted by molar-refractivity contribution is -0.159. The summed E-state index contributed by atoms with van der Waals surface area (Å²) < 4.78 is 10.5. The van der Waals surface area contributed by atoms with Crippen LogP contribution in [0.2, 0.25) is 0 Å². The van der Waals surface area contributed by atoms with E-state index in [2.05, 4.69) is 80.4 Å². The van der Waals surface area contributed by atoms with Crippen LogP contribution in [-0.2, 0) is 112 Å². The summed E-state index contributed by atoms with van der Waals surface area (Å²) in [5, 5.41) is 68.7. The monoisotopic (exact) mass is 1640 g/mol. The Kier molecular flexibility index (Phi) is 42.1. The van der Waals surface area contributed by atoms with Crippen LogP contribution in [0.4, 0.5) is 0 Å².